The Bertz CT molecular complexity index is 271. The molecule has 2 rings (SSSR count). The van der Waals surface area contributed by atoms with E-state index < -0.39 is 0 Å². The predicted molar refractivity (Wildman–Crippen MR) is 55.1 cm³/mol. The number of aliphatic hydroxyl groups excluding tert-OH is 1. The Kier molecular flexibility index (Phi) is 3.17. The molecule has 0 radical (unpaired) electrons. The maximum absolute atomic E-state index is 8.92. The molecule has 14 heavy (non-hydrogen) atoms. The van der Waals surface area contributed by atoms with Gasteiger partial charge in [0, 0.05) is 0 Å². The molecule has 1 aliphatic rings. The number of hydrogen-bond acceptors (Lipinski definition) is 2. The van der Waals surface area contributed by atoms with Crippen LogP contribution in [0.5, 0.6) is 0 Å². The summed E-state index contributed by atoms with van der Waals surface area (Å²) in [5.41, 5.74) is 1.32. The van der Waals surface area contributed by atoms with Gasteiger partial charge in [-0.3, -0.25) is 0 Å². The lowest BCUT2D eigenvalue weighted by molar-refractivity contribution is 0.0123. The first-order valence-electron chi connectivity index (χ1n) is 5.18. The van der Waals surface area contributed by atoms with Crippen molar-refractivity contribution in [2.24, 2.45) is 0 Å². The standard InChI is InChI=1S/C12H16O2/c13-9-12-7-6-11(14-12)8-10-4-2-1-3-5-10/h1-5,11-13H,6-9H2/t11-,12+/m1/s1. The van der Waals surface area contributed by atoms with Gasteiger partial charge in [0.1, 0.15) is 0 Å². The van der Waals surface area contributed by atoms with E-state index in [0.717, 1.165) is 19.3 Å². The van der Waals surface area contributed by atoms with Gasteiger partial charge in [-0.15, -0.1) is 0 Å². The summed E-state index contributed by atoms with van der Waals surface area (Å²) >= 11 is 0. The van der Waals surface area contributed by atoms with Crippen LogP contribution in [-0.4, -0.2) is 23.9 Å². The predicted octanol–water partition coefficient (Wildman–Crippen LogP) is 1.77. The van der Waals surface area contributed by atoms with E-state index in [0.29, 0.717) is 6.10 Å². The normalized spacial score (nSPS) is 26.6. The molecule has 1 heterocycles. The smallest absolute Gasteiger partial charge is 0.0810 e. The van der Waals surface area contributed by atoms with Crippen LogP contribution in [-0.2, 0) is 11.2 Å². The SMILES string of the molecule is OC[C@@H]1CC[C@H](Cc2ccccc2)O1. The molecule has 0 bridgehead atoms. The van der Waals surface area contributed by atoms with Gasteiger partial charge in [0.25, 0.3) is 0 Å². The summed E-state index contributed by atoms with van der Waals surface area (Å²) in [7, 11) is 0. The number of rotatable bonds is 3. The summed E-state index contributed by atoms with van der Waals surface area (Å²) in [6.07, 6.45) is 3.41. The molecule has 1 saturated heterocycles. The van der Waals surface area contributed by atoms with E-state index in [2.05, 4.69) is 12.1 Å². The van der Waals surface area contributed by atoms with Crippen LogP contribution < -0.4 is 0 Å². The fourth-order valence-electron chi connectivity index (χ4n) is 1.94. The lowest BCUT2D eigenvalue weighted by atomic mass is 10.1. The zero-order chi connectivity index (χ0) is 9.80. The molecular formula is C12H16O2. The molecular weight excluding hydrogens is 176 g/mol. The maximum Gasteiger partial charge on any atom is 0.0810 e. The Labute approximate surface area is 84.5 Å². The second-order valence-electron chi connectivity index (χ2n) is 3.83. The highest BCUT2D eigenvalue weighted by Gasteiger charge is 2.24. The molecule has 0 unspecified atom stereocenters. The molecule has 1 fully saturated rings. The van der Waals surface area contributed by atoms with E-state index in [4.69, 9.17) is 9.84 Å². The third-order valence-corrected chi connectivity index (χ3v) is 2.71. The summed E-state index contributed by atoms with van der Waals surface area (Å²) < 4.78 is 5.66. The molecule has 1 aromatic rings. The Morgan fingerprint density at radius 3 is 2.50 bits per heavy atom. The van der Waals surface area contributed by atoms with Crippen LogP contribution >= 0.6 is 0 Å². The van der Waals surface area contributed by atoms with Crippen molar-refractivity contribution in [2.45, 2.75) is 31.5 Å². The van der Waals surface area contributed by atoms with Crippen molar-refractivity contribution in [3.8, 4) is 0 Å². The van der Waals surface area contributed by atoms with Gasteiger partial charge < -0.3 is 9.84 Å². The fourth-order valence-corrected chi connectivity index (χ4v) is 1.94. The Morgan fingerprint density at radius 1 is 1.14 bits per heavy atom. The third kappa shape index (κ3) is 2.34. The number of ether oxygens (including phenoxy) is 1. The summed E-state index contributed by atoms with van der Waals surface area (Å²) in [5.74, 6) is 0. The largest absolute Gasteiger partial charge is 0.394 e. The van der Waals surface area contributed by atoms with Crippen LogP contribution in [0.3, 0.4) is 0 Å². The minimum atomic E-state index is 0.0729. The van der Waals surface area contributed by atoms with Crippen LogP contribution in [0.25, 0.3) is 0 Å². The molecule has 76 valence electrons. The summed E-state index contributed by atoms with van der Waals surface area (Å²) in [6, 6.07) is 10.4. The van der Waals surface area contributed by atoms with Crippen LogP contribution in [0.15, 0.2) is 30.3 Å². The first kappa shape index (κ1) is 9.69. The van der Waals surface area contributed by atoms with E-state index in [1.165, 1.54) is 5.56 Å². The lowest BCUT2D eigenvalue weighted by Gasteiger charge is -2.11. The van der Waals surface area contributed by atoms with Crippen LogP contribution in [0.1, 0.15) is 18.4 Å². The van der Waals surface area contributed by atoms with Crippen molar-refractivity contribution in [1.82, 2.24) is 0 Å². The summed E-state index contributed by atoms with van der Waals surface area (Å²) in [6.45, 7) is 0.158. The summed E-state index contributed by atoms with van der Waals surface area (Å²) in [5, 5.41) is 8.92. The van der Waals surface area contributed by atoms with Gasteiger partial charge in [0.15, 0.2) is 0 Å². The van der Waals surface area contributed by atoms with E-state index >= 15 is 0 Å². The molecule has 1 N–H and O–H groups in total. The quantitative estimate of drug-likeness (QED) is 0.791. The zero-order valence-corrected chi connectivity index (χ0v) is 8.23. The van der Waals surface area contributed by atoms with Gasteiger partial charge in [-0.1, -0.05) is 30.3 Å². The molecule has 2 nitrogen and oxygen atoms in total. The highest BCUT2D eigenvalue weighted by Crippen LogP contribution is 2.22. The first-order valence-corrected chi connectivity index (χ1v) is 5.18. The Morgan fingerprint density at radius 2 is 1.86 bits per heavy atom. The first-order chi connectivity index (χ1) is 6.88. The topological polar surface area (TPSA) is 29.5 Å². The van der Waals surface area contributed by atoms with Crippen LogP contribution in [0.2, 0.25) is 0 Å². The number of benzene rings is 1. The van der Waals surface area contributed by atoms with Crippen molar-refractivity contribution in [1.29, 1.82) is 0 Å². The Hall–Kier alpha value is -0.860. The van der Waals surface area contributed by atoms with Gasteiger partial charge in [0.05, 0.1) is 18.8 Å². The minimum absolute atomic E-state index is 0.0729. The second kappa shape index (κ2) is 4.58. The monoisotopic (exact) mass is 192 g/mol. The van der Waals surface area contributed by atoms with Crippen LogP contribution in [0, 0.1) is 0 Å². The molecule has 0 aliphatic carbocycles. The average Bonchev–Trinajstić information content (AvgIpc) is 2.67. The van der Waals surface area contributed by atoms with Crippen molar-refractivity contribution in [2.75, 3.05) is 6.61 Å². The lowest BCUT2D eigenvalue weighted by Crippen LogP contribution is -2.16. The van der Waals surface area contributed by atoms with Crippen molar-refractivity contribution in [3.63, 3.8) is 0 Å². The van der Waals surface area contributed by atoms with Gasteiger partial charge in [0.2, 0.25) is 0 Å². The van der Waals surface area contributed by atoms with E-state index in [-0.39, 0.29) is 12.7 Å². The molecule has 2 heteroatoms. The number of aliphatic hydroxyl groups is 1. The fraction of sp³-hybridized carbons (Fsp3) is 0.500. The molecule has 1 aromatic carbocycles. The third-order valence-electron chi connectivity index (χ3n) is 2.71. The minimum Gasteiger partial charge on any atom is -0.394 e. The molecule has 0 amide bonds. The molecule has 2 atom stereocenters. The number of hydrogen-bond donors (Lipinski definition) is 1. The van der Waals surface area contributed by atoms with Crippen molar-refractivity contribution < 1.29 is 9.84 Å². The zero-order valence-electron chi connectivity index (χ0n) is 8.23. The van der Waals surface area contributed by atoms with Gasteiger partial charge in [-0.05, 0) is 24.8 Å². The second-order valence-corrected chi connectivity index (χ2v) is 3.83. The van der Waals surface area contributed by atoms with Crippen molar-refractivity contribution >= 4 is 0 Å². The van der Waals surface area contributed by atoms with Gasteiger partial charge in [-0.2, -0.15) is 0 Å². The van der Waals surface area contributed by atoms with Gasteiger partial charge >= 0.3 is 0 Å². The molecule has 0 spiro atoms. The highest BCUT2D eigenvalue weighted by molar-refractivity contribution is 5.15. The molecule has 0 saturated carbocycles. The maximum atomic E-state index is 8.92. The van der Waals surface area contributed by atoms with Gasteiger partial charge in [-0.25, -0.2) is 0 Å². The molecule has 0 aromatic heterocycles. The summed E-state index contributed by atoms with van der Waals surface area (Å²) in [4.78, 5) is 0. The Balaban J connectivity index is 1.88. The molecule has 1 aliphatic heterocycles. The van der Waals surface area contributed by atoms with Crippen molar-refractivity contribution in [3.05, 3.63) is 35.9 Å². The highest BCUT2D eigenvalue weighted by atomic mass is 16.5. The van der Waals surface area contributed by atoms with E-state index in [1.807, 2.05) is 18.2 Å². The average molecular weight is 192 g/mol. The van der Waals surface area contributed by atoms with Crippen LogP contribution in [0.4, 0.5) is 0 Å². The van der Waals surface area contributed by atoms with E-state index in [1.54, 1.807) is 0 Å². The van der Waals surface area contributed by atoms with E-state index in [9.17, 15) is 0 Å².